The Morgan fingerprint density at radius 2 is 1.29 bits per heavy atom. The largest absolute Gasteiger partial charge is 0.214 e. The molecule has 0 spiro atoms. The summed E-state index contributed by atoms with van der Waals surface area (Å²) >= 11 is -0.556. The molecule has 0 bridgehead atoms. The Kier molecular flexibility index (Phi) is 13.2. The first-order chi connectivity index (χ1) is 13.5. The van der Waals surface area contributed by atoms with Gasteiger partial charge in [-0.2, -0.15) is 18.2 Å². The molecule has 0 heterocycles. The van der Waals surface area contributed by atoms with Crippen molar-refractivity contribution in [2.75, 3.05) is 0 Å². The third kappa shape index (κ3) is 9.39. The summed E-state index contributed by atoms with van der Waals surface area (Å²) in [5, 5.41) is 4.92. The van der Waals surface area contributed by atoms with E-state index < -0.39 is 17.0 Å². The maximum Gasteiger partial charge on any atom is -0.172 e. The van der Waals surface area contributed by atoms with Gasteiger partial charge in [-0.3, -0.25) is 0 Å². The van der Waals surface area contributed by atoms with Crippen molar-refractivity contribution < 1.29 is 17.0 Å². The number of hydrogen-bond donors (Lipinski definition) is 0. The van der Waals surface area contributed by atoms with Gasteiger partial charge in [0.25, 0.3) is 0 Å². The summed E-state index contributed by atoms with van der Waals surface area (Å²) in [6, 6.07) is 27.0. The predicted octanol–water partition coefficient (Wildman–Crippen LogP) is 8.92. The number of hydrogen-bond acceptors (Lipinski definition) is 0. The number of nitrogens with zero attached hydrogens (tertiary/aromatic N) is 1. The molecule has 0 amide bonds. The van der Waals surface area contributed by atoms with E-state index in [0.29, 0.717) is 11.8 Å². The first-order valence-electron chi connectivity index (χ1n) is 9.48. The van der Waals surface area contributed by atoms with E-state index in [9.17, 15) is 0 Å². The van der Waals surface area contributed by atoms with Crippen molar-refractivity contribution in [1.82, 2.24) is 0 Å². The summed E-state index contributed by atoms with van der Waals surface area (Å²) in [5.41, 5.74) is 5.17. The molecule has 0 aliphatic carbocycles. The maximum atomic E-state index is 4.92. The standard InChI is InChI=1S/C19H24N.C5H5.2ClH.Ti/c1-14(2)17-11-8-12-18(15(3)4)19(17)20-13-16-9-6-5-7-10-16;1-2-4-5-3-1;;;/h5-12,14-15H,13H2,1-4H3;1-5H;2*1H;/q2*-1;;;+2/p-2. The van der Waals surface area contributed by atoms with E-state index in [1.807, 2.05) is 36.4 Å². The molecule has 1 nitrogen and oxygen atoms in total. The van der Waals surface area contributed by atoms with Crippen molar-refractivity contribution in [3.63, 3.8) is 0 Å². The van der Waals surface area contributed by atoms with Crippen LogP contribution in [0.1, 0.15) is 56.2 Å². The van der Waals surface area contributed by atoms with Gasteiger partial charge in [0, 0.05) is 0 Å². The first kappa shape index (κ1) is 24.9. The van der Waals surface area contributed by atoms with Gasteiger partial charge in [-0.15, -0.1) is 12.2 Å². The van der Waals surface area contributed by atoms with E-state index in [0.717, 1.165) is 6.54 Å². The predicted molar refractivity (Wildman–Crippen MR) is 122 cm³/mol. The fourth-order valence-electron chi connectivity index (χ4n) is 2.77. The molecule has 28 heavy (non-hydrogen) atoms. The van der Waals surface area contributed by atoms with Gasteiger partial charge in [0.2, 0.25) is 0 Å². The maximum absolute atomic E-state index is 4.92. The summed E-state index contributed by atoms with van der Waals surface area (Å²) in [4.78, 5) is 0. The van der Waals surface area contributed by atoms with E-state index in [1.165, 1.54) is 22.4 Å². The molecule has 3 aromatic carbocycles. The van der Waals surface area contributed by atoms with Crippen LogP contribution < -0.4 is 0 Å². The Morgan fingerprint density at radius 3 is 1.68 bits per heavy atom. The zero-order chi connectivity index (χ0) is 20.8. The molecule has 0 saturated carbocycles. The monoisotopic (exact) mass is 449 g/mol. The van der Waals surface area contributed by atoms with E-state index >= 15 is 0 Å². The fraction of sp³-hybridized carbons (Fsp3) is 0.292. The average molecular weight is 450 g/mol. The van der Waals surface area contributed by atoms with Gasteiger partial charge in [-0.25, -0.2) is 12.1 Å². The minimum atomic E-state index is -0.556. The van der Waals surface area contributed by atoms with E-state index in [-0.39, 0.29) is 0 Å². The third-order valence-corrected chi connectivity index (χ3v) is 4.16. The van der Waals surface area contributed by atoms with Crippen LogP contribution in [-0.4, -0.2) is 0 Å². The molecule has 0 atom stereocenters. The van der Waals surface area contributed by atoms with Gasteiger partial charge >= 0.3 is 35.6 Å². The van der Waals surface area contributed by atoms with Gasteiger partial charge in [0.15, 0.2) is 0 Å². The Morgan fingerprint density at radius 1 is 0.786 bits per heavy atom. The number of halogens is 2. The Balaban J connectivity index is 0.000000409. The average Bonchev–Trinajstić information content (AvgIpc) is 3.27. The van der Waals surface area contributed by atoms with Crippen molar-refractivity contribution >= 4 is 24.3 Å². The molecule has 3 aromatic rings. The molecule has 0 saturated heterocycles. The molecule has 0 aliphatic heterocycles. The fourth-order valence-corrected chi connectivity index (χ4v) is 2.77. The minimum Gasteiger partial charge on any atom is -0.214 e. The van der Waals surface area contributed by atoms with Crippen LogP contribution in [0.15, 0.2) is 78.9 Å². The van der Waals surface area contributed by atoms with Crippen LogP contribution in [0.2, 0.25) is 0 Å². The molecule has 0 unspecified atom stereocenters. The molecule has 0 N–H and O–H groups in total. The smallest absolute Gasteiger partial charge is 0.172 e. The molecular weight excluding hydrogens is 421 g/mol. The molecule has 0 fully saturated rings. The van der Waals surface area contributed by atoms with Crippen LogP contribution in [0.3, 0.4) is 0 Å². The van der Waals surface area contributed by atoms with E-state index in [1.54, 1.807) is 0 Å². The summed E-state index contributed by atoms with van der Waals surface area (Å²) in [5.74, 6) is 1.01. The first-order valence-corrected chi connectivity index (χ1v) is 13.8. The zero-order valence-corrected chi connectivity index (χ0v) is 20.1. The Labute approximate surface area is 187 Å². The second-order valence-corrected chi connectivity index (χ2v) is 9.51. The number of para-hydroxylation sites is 1. The van der Waals surface area contributed by atoms with Crippen LogP contribution in [-0.2, 0) is 23.6 Å². The van der Waals surface area contributed by atoms with Crippen LogP contribution in [0, 0.1) is 0 Å². The second kappa shape index (κ2) is 14.8. The molecule has 150 valence electrons. The Bertz CT molecular complexity index is 697. The quantitative estimate of drug-likeness (QED) is 0.272. The van der Waals surface area contributed by atoms with Crippen LogP contribution in [0.5, 0.6) is 0 Å². The van der Waals surface area contributed by atoms with Crippen molar-refractivity contribution in [3.8, 4) is 0 Å². The van der Waals surface area contributed by atoms with Gasteiger partial charge in [-0.1, -0.05) is 92.9 Å². The number of rotatable bonds is 5. The molecular formula is C24H29Cl2NTi-2. The normalized spacial score (nSPS) is 9.86. The topological polar surface area (TPSA) is 14.1 Å². The molecule has 0 radical (unpaired) electrons. The number of benzene rings is 2. The molecule has 3 rings (SSSR count). The van der Waals surface area contributed by atoms with Crippen molar-refractivity contribution in [3.05, 3.63) is 101 Å². The Hall–Kier alpha value is -1.12. The van der Waals surface area contributed by atoms with E-state index in [2.05, 4.69) is 70.2 Å². The van der Waals surface area contributed by atoms with Gasteiger partial charge in [0.1, 0.15) is 0 Å². The van der Waals surface area contributed by atoms with E-state index in [4.69, 9.17) is 23.9 Å². The van der Waals surface area contributed by atoms with Crippen molar-refractivity contribution in [1.29, 1.82) is 0 Å². The van der Waals surface area contributed by atoms with Crippen LogP contribution in [0.25, 0.3) is 5.32 Å². The molecule has 0 aliphatic rings. The minimum absolute atomic E-state index is 0.503. The van der Waals surface area contributed by atoms with Crippen molar-refractivity contribution in [2.24, 2.45) is 0 Å². The van der Waals surface area contributed by atoms with Gasteiger partial charge in [-0.05, 0) is 11.8 Å². The molecule has 0 aromatic heterocycles. The van der Waals surface area contributed by atoms with Gasteiger partial charge < -0.3 is 5.32 Å². The third-order valence-electron chi connectivity index (χ3n) is 4.16. The summed E-state index contributed by atoms with van der Waals surface area (Å²) < 4.78 is 0. The van der Waals surface area contributed by atoms with Crippen molar-refractivity contribution in [2.45, 2.75) is 46.1 Å². The van der Waals surface area contributed by atoms with Crippen LogP contribution >= 0.6 is 18.6 Å². The van der Waals surface area contributed by atoms with Gasteiger partial charge in [0.05, 0.1) is 0 Å². The summed E-state index contributed by atoms with van der Waals surface area (Å²) in [6.07, 6.45) is 0. The second-order valence-electron chi connectivity index (χ2n) is 6.93. The van der Waals surface area contributed by atoms with Crippen LogP contribution in [0.4, 0.5) is 5.69 Å². The summed E-state index contributed by atoms with van der Waals surface area (Å²) in [6.45, 7) is 9.70. The SMILES string of the molecule is CC(C)c1cccc(C(C)C)c1[N-]Cc1ccccc1.[Cl][Ti][Cl].c1cc[cH-]c1. The zero-order valence-electron chi connectivity index (χ0n) is 17.1. The molecule has 4 heteroatoms. The summed E-state index contributed by atoms with van der Waals surface area (Å²) in [7, 11) is 9.78.